The fraction of sp³-hybridized carbons (Fsp3) is 0.533. The van der Waals surface area contributed by atoms with Gasteiger partial charge < -0.3 is 15.4 Å². The number of nitrogens with two attached hydrogens (primary N) is 1. The first-order valence-corrected chi connectivity index (χ1v) is 8.24. The molecule has 4 nitrogen and oxygen atoms in total. The summed E-state index contributed by atoms with van der Waals surface area (Å²) in [6.45, 7) is 1.39. The summed E-state index contributed by atoms with van der Waals surface area (Å²) in [7, 11) is 1.66. The number of ether oxygens (including phenoxy) is 1. The molecule has 0 saturated heterocycles. The highest BCUT2D eigenvalue weighted by atomic mass is 35.5. The van der Waals surface area contributed by atoms with Gasteiger partial charge in [-0.3, -0.25) is 4.79 Å². The molecule has 1 aromatic rings. The smallest absolute Gasteiger partial charge is 0.239 e. The fourth-order valence-corrected chi connectivity index (χ4v) is 2.94. The number of hydrogen-bond acceptors (Lipinski definition) is 4. The normalized spacial score (nSPS) is 14.9. The van der Waals surface area contributed by atoms with Gasteiger partial charge in [-0.25, -0.2) is 0 Å². The fourth-order valence-electron chi connectivity index (χ4n) is 2.45. The van der Waals surface area contributed by atoms with Crippen LogP contribution in [-0.4, -0.2) is 42.5 Å². The monoisotopic (exact) mass is 330 g/mol. The molecule has 1 amide bonds. The highest BCUT2D eigenvalue weighted by Crippen LogP contribution is 2.24. The van der Waals surface area contributed by atoms with Crippen LogP contribution in [0.4, 0.5) is 0 Å². The zero-order valence-electron chi connectivity index (χ0n) is 12.5. The Bertz CT molecular complexity index is 485. The van der Waals surface area contributed by atoms with Crippen LogP contribution in [0.3, 0.4) is 0 Å². The number of fused-ring (bicyclic) bond motifs is 1. The zero-order chi connectivity index (χ0) is 14.5. The van der Waals surface area contributed by atoms with E-state index in [1.54, 1.807) is 18.9 Å². The molecule has 2 N–H and O–H groups in total. The van der Waals surface area contributed by atoms with E-state index in [9.17, 15) is 4.79 Å². The van der Waals surface area contributed by atoms with Gasteiger partial charge in [0.2, 0.25) is 5.91 Å². The molecule has 21 heavy (non-hydrogen) atoms. The maximum Gasteiger partial charge on any atom is 0.239 e. The first-order valence-electron chi connectivity index (χ1n) is 6.84. The number of thioether (sulfide) groups is 1. The Morgan fingerprint density at radius 2 is 2.24 bits per heavy atom. The van der Waals surface area contributed by atoms with Gasteiger partial charge >= 0.3 is 0 Å². The number of hydrogen-bond donors (Lipinski definition) is 1. The van der Waals surface area contributed by atoms with Gasteiger partial charge in [0.05, 0.1) is 13.2 Å². The molecule has 0 saturated carbocycles. The number of halogens is 1. The summed E-state index contributed by atoms with van der Waals surface area (Å²) in [6, 6.07) is 5.70. The predicted molar refractivity (Wildman–Crippen MR) is 90.3 cm³/mol. The number of carbonyl (C=O) groups is 1. The molecule has 6 heteroatoms. The molecule has 1 aliphatic heterocycles. The van der Waals surface area contributed by atoms with Crippen molar-refractivity contribution in [1.82, 2.24) is 4.90 Å². The lowest BCUT2D eigenvalue weighted by molar-refractivity contribution is -0.133. The van der Waals surface area contributed by atoms with Crippen LogP contribution in [0.2, 0.25) is 0 Å². The second-order valence-electron chi connectivity index (χ2n) is 5.03. The van der Waals surface area contributed by atoms with E-state index >= 15 is 0 Å². The van der Waals surface area contributed by atoms with Crippen LogP contribution in [0.1, 0.15) is 17.5 Å². The Hall–Kier alpha value is -0.910. The van der Waals surface area contributed by atoms with Gasteiger partial charge in [-0.2, -0.15) is 11.8 Å². The Labute approximate surface area is 136 Å². The van der Waals surface area contributed by atoms with E-state index < -0.39 is 0 Å². The van der Waals surface area contributed by atoms with Crippen molar-refractivity contribution in [3.8, 4) is 5.75 Å². The van der Waals surface area contributed by atoms with Gasteiger partial charge in [0.15, 0.2) is 0 Å². The molecule has 0 spiro atoms. The second kappa shape index (κ2) is 8.51. The van der Waals surface area contributed by atoms with Crippen molar-refractivity contribution < 1.29 is 9.53 Å². The van der Waals surface area contributed by atoms with Gasteiger partial charge in [-0.1, -0.05) is 6.07 Å². The standard InChI is InChI=1S/C15H22N2O2S.ClH/c1-19-13-4-3-11-5-7-17(10-12(11)9-13)15(18)14(16)6-8-20-2;/h3-4,9,14H,5-8,10,16H2,1-2H3;1H/t14-;/m0./s1. The predicted octanol–water partition coefficient (Wildman–Crippen LogP) is 2.08. The minimum atomic E-state index is -0.380. The van der Waals surface area contributed by atoms with Crippen molar-refractivity contribution in [2.24, 2.45) is 5.73 Å². The number of methoxy groups -OCH3 is 1. The van der Waals surface area contributed by atoms with Crippen LogP contribution in [-0.2, 0) is 17.8 Å². The highest BCUT2D eigenvalue weighted by Gasteiger charge is 2.24. The van der Waals surface area contributed by atoms with E-state index in [4.69, 9.17) is 10.5 Å². The summed E-state index contributed by atoms with van der Waals surface area (Å²) in [5.74, 6) is 1.82. The Balaban J connectivity index is 0.00000220. The molecule has 1 atom stereocenters. The summed E-state index contributed by atoms with van der Waals surface area (Å²) < 4.78 is 5.25. The van der Waals surface area contributed by atoms with Gasteiger partial charge in [-0.15, -0.1) is 12.4 Å². The Kier molecular flexibility index (Phi) is 7.35. The first-order chi connectivity index (χ1) is 9.65. The third-order valence-electron chi connectivity index (χ3n) is 3.69. The minimum absolute atomic E-state index is 0. The van der Waals surface area contributed by atoms with Crippen LogP contribution < -0.4 is 10.5 Å². The largest absolute Gasteiger partial charge is 0.497 e. The van der Waals surface area contributed by atoms with E-state index in [2.05, 4.69) is 6.07 Å². The molecule has 1 aliphatic rings. The topological polar surface area (TPSA) is 55.6 Å². The lowest BCUT2D eigenvalue weighted by atomic mass is 9.98. The van der Waals surface area contributed by atoms with Crippen molar-refractivity contribution in [2.75, 3.05) is 25.7 Å². The lowest BCUT2D eigenvalue weighted by Gasteiger charge is -2.31. The number of rotatable bonds is 5. The van der Waals surface area contributed by atoms with Crippen LogP contribution in [0.25, 0.3) is 0 Å². The molecular weight excluding hydrogens is 308 g/mol. The van der Waals surface area contributed by atoms with Crippen LogP contribution in [0.5, 0.6) is 5.75 Å². The molecule has 118 valence electrons. The number of carbonyl (C=O) groups excluding carboxylic acids is 1. The van der Waals surface area contributed by atoms with Crippen molar-refractivity contribution in [2.45, 2.75) is 25.4 Å². The molecule has 0 aliphatic carbocycles. The number of nitrogens with zero attached hydrogens (tertiary/aromatic N) is 1. The molecule has 1 aromatic carbocycles. The van der Waals surface area contributed by atoms with E-state index in [0.717, 1.165) is 30.9 Å². The van der Waals surface area contributed by atoms with E-state index in [1.165, 1.54) is 11.1 Å². The molecule has 0 bridgehead atoms. The van der Waals surface area contributed by atoms with Gasteiger partial charge in [0, 0.05) is 13.1 Å². The maximum atomic E-state index is 12.3. The van der Waals surface area contributed by atoms with Crippen molar-refractivity contribution >= 4 is 30.1 Å². The Morgan fingerprint density at radius 3 is 2.90 bits per heavy atom. The van der Waals surface area contributed by atoms with Crippen molar-refractivity contribution in [3.63, 3.8) is 0 Å². The van der Waals surface area contributed by atoms with Crippen LogP contribution in [0, 0.1) is 0 Å². The molecule has 0 fully saturated rings. The van der Waals surface area contributed by atoms with Gasteiger partial charge in [-0.05, 0) is 48.1 Å². The average Bonchev–Trinajstić information content (AvgIpc) is 2.50. The number of benzene rings is 1. The quantitative estimate of drug-likeness (QED) is 0.898. The van der Waals surface area contributed by atoms with Crippen molar-refractivity contribution in [1.29, 1.82) is 0 Å². The van der Waals surface area contributed by atoms with E-state index in [-0.39, 0.29) is 24.4 Å². The molecule has 1 heterocycles. The van der Waals surface area contributed by atoms with Crippen LogP contribution in [0.15, 0.2) is 18.2 Å². The van der Waals surface area contributed by atoms with E-state index in [0.29, 0.717) is 6.54 Å². The summed E-state index contributed by atoms with van der Waals surface area (Å²) in [4.78, 5) is 14.2. The molecule has 2 rings (SSSR count). The number of amides is 1. The first kappa shape index (κ1) is 18.1. The molecular formula is C15H23ClN2O2S. The summed E-state index contributed by atoms with van der Waals surface area (Å²) in [6.07, 6.45) is 3.66. The Morgan fingerprint density at radius 1 is 1.48 bits per heavy atom. The summed E-state index contributed by atoms with van der Waals surface area (Å²) in [5.41, 5.74) is 8.45. The summed E-state index contributed by atoms with van der Waals surface area (Å²) >= 11 is 1.72. The average molecular weight is 331 g/mol. The minimum Gasteiger partial charge on any atom is -0.497 e. The summed E-state index contributed by atoms with van der Waals surface area (Å²) in [5, 5.41) is 0. The van der Waals surface area contributed by atoms with Crippen LogP contribution >= 0.6 is 24.2 Å². The third-order valence-corrected chi connectivity index (χ3v) is 4.33. The van der Waals surface area contributed by atoms with Gasteiger partial charge in [0.25, 0.3) is 0 Å². The second-order valence-corrected chi connectivity index (χ2v) is 6.02. The lowest BCUT2D eigenvalue weighted by Crippen LogP contribution is -2.46. The zero-order valence-corrected chi connectivity index (χ0v) is 14.1. The third kappa shape index (κ3) is 4.53. The van der Waals surface area contributed by atoms with Gasteiger partial charge in [0.1, 0.15) is 5.75 Å². The van der Waals surface area contributed by atoms with Crippen molar-refractivity contribution in [3.05, 3.63) is 29.3 Å². The molecule has 0 aromatic heterocycles. The van der Waals surface area contributed by atoms with E-state index in [1.807, 2.05) is 23.3 Å². The SMILES string of the molecule is COc1ccc2c(c1)CN(C(=O)[C@@H](N)CCSC)CC2.Cl. The molecule has 0 radical (unpaired) electrons. The highest BCUT2D eigenvalue weighted by molar-refractivity contribution is 7.98. The molecule has 0 unspecified atom stereocenters. The maximum absolute atomic E-state index is 12.3.